The predicted molar refractivity (Wildman–Crippen MR) is 73.2 cm³/mol. The molecule has 0 bridgehead atoms. The van der Waals surface area contributed by atoms with Crippen LogP contribution in [0.3, 0.4) is 0 Å². The van der Waals surface area contributed by atoms with E-state index in [4.69, 9.17) is 5.73 Å². The summed E-state index contributed by atoms with van der Waals surface area (Å²) >= 11 is 1.24. The van der Waals surface area contributed by atoms with Crippen molar-refractivity contribution < 1.29 is 19.1 Å². The van der Waals surface area contributed by atoms with Crippen molar-refractivity contribution in [3.63, 3.8) is 0 Å². The molecule has 5 nitrogen and oxygen atoms in total. The SMILES string of the molecule is NC(=O)c1c(F)cccc1NC(C(=O)O)c1cccs1. The molecule has 0 fully saturated rings. The van der Waals surface area contributed by atoms with Crippen LogP contribution in [0.2, 0.25) is 0 Å². The third-order valence-corrected chi connectivity index (χ3v) is 3.57. The number of amides is 1. The molecular formula is C13H11FN2O3S. The van der Waals surface area contributed by atoms with Crippen LogP contribution in [0.25, 0.3) is 0 Å². The average molecular weight is 294 g/mol. The number of anilines is 1. The number of aliphatic carboxylic acids is 1. The van der Waals surface area contributed by atoms with Gasteiger partial charge in [-0.25, -0.2) is 9.18 Å². The predicted octanol–water partition coefficient (Wildman–Crippen LogP) is 2.22. The van der Waals surface area contributed by atoms with Gasteiger partial charge in [-0.2, -0.15) is 0 Å². The van der Waals surface area contributed by atoms with E-state index in [0.29, 0.717) is 4.88 Å². The third kappa shape index (κ3) is 2.77. The van der Waals surface area contributed by atoms with Crippen molar-refractivity contribution in [2.75, 3.05) is 5.32 Å². The first kappa shape index (κ1) is 14.0. The highest BCUT2D eigenvalue weighted by molar-refractivity contribution is 7.10. The van der Waals surface area contributed by atoms with Crippen LogP contribution in [0, 0.1) is 5.82 Å². The maximum atomic E-state index is 13.6. The van der Waals surface area contributed by atoms with Gasteiger partial charge >= 0.3 is 5.97 Å². The van der Waals surface area contributed by atoms with Crippen LogP contribution in [-0.2, 0) is 4.79 Å². The number of thiophene rings is 1. The number of hydrogen-bond acceptors (Lipinski definition) is 4. The Kier molecular flexibility index (Phi) is 3.99. The van der Waals surface area contributed by atoms with Crippen LogP contribution in [0.15, 0.2) is 35.7 Å². The molecule has 0 aliphatic carbocycles. The topological polar surface area (TPSA) is 92.4 Å². The van der Waals surface area contributed by atoms with E-state index in [0.717, 1.165) is 6.07 Å². The van der Waals surface area contributed by atoms with E-state index in [1.54, 1.807) is 17.5 Å². The quantitative estimate of drug-likeness (QED) is 0.788. The highest BCUT2D eigenvalue weighted by atomic mass is 32.1. The summed E-state index contributed by atoms with van der Waals surface area (Å²) in [5.74, 6) is -2.88. The fourth-order valence-electron chi connectivity index (χ4n) is 1.76. The maximum Gasteiger partial charge on any atom is 0.331 e. The molecule has 2 rings (SSSR count). The van der Waals surface area contributed by atoms with Gasteiger partial charge in [-0.1, -0.05) is 12.1 Å². The molecule has 1 aromatic carbocycles. The van der Waals surface area contributed by atoms with Crippen molar-refractivity contribution in [1.29, 1.82) is 0 Å². The van der Waals surface area contributed by atoms with Crippen molar-refractivity contribution in [2.24, 2.45) is 5.73 Å². The number of nitrogens with one attached hydrogen (secondary N) is 1. The Hall–Kier alpha value is -2.41. The lowest BCUT2D eigenvalue weighted by Crippen LogP contribution is -2.23. The molecule has 0 radical (unpaired) electrons. The van der Waals surface area contributed by atoms with E-state index in [2.05, 4.69) is 5.32 Å². The summed E-state index contributed by atoms with van der Waals surface area (Å²) in [5.41, 5.74) is 4.82. The van der Waals surface area contributed by atoms with Gasteiger partial charge in [0.1, 0.15) is 5.82 Å². The lowest BCUT2D eigenvalue weighted by Gasteiger charge is -2.16. The van der Waals surface area contributed by atoms with E-state index >= 15 is 0 Å². The number of carbonyl (C=O) groups excluding carboxylic acids is 1. The number of rotatable bonds is 5. The second-order valence-electron chi connectivity index (χ2n) is 3.96. The second kappa shape index (κ2) is 5.70. The molecular weight excluding hydrogens is 283 g/mol. The van der Waals surface area contributed by atoms with E-state index < -0.39 is 23.7 Å². The molecule has 2 aromatic rings. The summed E-state index contributed by atoms with van der Waals surface area (Å²) < 4.78 is 13.6. The van der Waals surface area contributed by atoms with Gasteiger partial charge < -0.3 is 16.2 Å². The normalized spacial score (nSPS) is 11.8. The Morgan fingerprint density at radius 2 is 2.05 bits per heavy atom. The lowest BCUT2D eigenvalue weighted by molar-refractivity contribution is -0.138. The molecule has 1 atom stereocenters. The molecule has 1 amide bonds. The minimum Gasteiger partial charge on any atom is -0.479 e. The van der Waals surface area contributed by atoms with Crippen LogP contribution in [0.4, 0.5) is 10.1 Å². The summed E-state index contributed by atoms with van der Waals surface area (Å²) in [6.07, 6.45) is 0. The Balaban J connectivity index is 2.40. The fraction of sp³-hybridized carbons (Fsp3) is 0.0769. The standard InChI is InChI=1S/C13H11FN2O3S/c14-7-3-1-4-8(10(7)12(15)17)16-11(13(18)19)9-5-2-6-20-9/h1-6,11,16H,(H2,15,17)(H,18,19). The molecule has 0 aliphatic heterocycles. The van der Waals surface area contributed by atoms with Crippen LogP contribution < -0.4 is 11.1 Å². The number of carboxylic acids is 1. The van der Waals surface area contributed by atoms with Gasteiger partial charge in [0.2, 0.25) is 0 Å². The molecule has 20 heavy (non-hydrogen) atoms. The zero-order valence-electron chi connectivity index (χ0n) is 10.2. The Morgan fingerprint density at radius 3 is 2.60 bits per heavy atom. The van der Waals surface area contributed by atoms with Crippen LogP contribution in [0.5, 0.6) is 0 Å². The molecule has 1 unspecified atom stereocenters. The van der Waals surface area contributed by atoms with Crippen molar-refractivity contribution in [1.82, 2.24) is 0 Å². The summed E-state index contributed by atoms with van der Waals surface area (Å²) in [5, 5.41) is 13.6. The van der Waals surface area contributed by atoms with Gasteiger partial charge in [0, 0.05) is 4.88 Å². The smallest absolute Gasteiger partial charge is 0.331 e. The molecule has 1 aromatic heterocycles. The Labute approximate surface area is 117 Å². The number of hydrogen-bond donors (Lipinski definition) is 3. The summed E-state index contributed by atoms with van der Waals surface area (Å²) in [6, 6.07) is 6.14. The monoisotopic (exact) mass is 294 g/mol. The van der Waals surface area contributed by atoms with Crippen molar-refractivity contribution >= 4 is 28.9 Å². The van der Waals surface area contributed by atoms with Gasteiger partial charge in [0.15, 0.2) is 6.04 Å². The number of benzene rings is 1. The molecule has 0 spiro atoms. The van der Waals surface area contributed by atoms with Gasteiger partial charge in [-0.05, 0) is 23.6 Å². The van der Waals surface area contributed by atoms with Crippen molar-refractivity contribution in [3.05, 3.63) is 52.0 Å². The number of nitrogens with two attached hydrogens (primary N) is 1. The third-order valence-electron chi connectivity index (χ3n) is 2.63. The fourth-order valence-corrected chi connectivity index (χ4v) is 2.53. The van der Waals surface area contributed by atoms with Crippen LogP contribution in [-0.4, -0.2) is 17.0 Å². The molecule has 1 heterocycles. The lowest BCUT2D eigenvalue weighted by atomic mass is 10.1. The highest BCUT2D eigenvalue weighted by Gasteiger charge is 2.23. The Bertz CT molecular complexity index is 643. The van der Waals surface area contributed by atoms with Crippen molar-refractivity contribution in [2.45, 2.75) is 6.04 Å². The number of halogens is 1. The van der Waals surface area contributed by atoms with Gasteiger partial charge in [0.05, 0.1) is 11.3 Å². The minimum absolute atomic E-state index is 0.0540. The van der Waals surface area contributed by atoms with Gasteiger partial charge in [0.25, 0.3) is 5.91 Å². The molecule has 4 N–H and O–H groups in total. The van der Waals surface area contributed by atoms with E-state index in [1.165, 1.54) is 23.5 Å². The summed E-state index contributed by atoms with van der Waals surface area (Å²) in [4.78, 5) is 23.1. The van der Waals surface area contributed by atoms with Crippen molar-refractivity contribution in [3.8, 4) is 0 Å². The maximum absolute atomic E-state index is 13.6. The first-order valence-electron chi connectivity index (χ1n) is 5.61. The van der Waals surface area contributed by atoms with E-state index in [-0.39, 0.29) is 11.3 Å². The number of carboxylic acid groups (broad SMARTS) is 1. The first-order chi connectivity index (χ1) is 9.50. The van der Waals surface area contributed by atoms with Crippen LogP contribution >= 0.6 is 11.3 Å². The molecule has 0 aliphatic rings. The summed E-state index contributed by atoms with van der Waals surface area (Å²) in [7, 11) is 0. The first-order valence-corrected chi connectivity index (χ1v) is 6.49. The zero-order valence-corrected chi connectivity index (χ0v) is 11.0. The molecule has 7 heteroatoms. The number of primary amides is 1. The highest BCUT2D eigenvalue weighted by Crippen LogP contribution is 2.27. The zero-order chi connectivity index (χ0) is 14.7. The van der Waals surface area contributed by atoms with Gasteiger partial charge in [-0.15, -0.1) is 11.3 Å². The minimum atomic E-state index is -1.13. The molecule has 0 saturated carbocycles. The Morgan fingerprint density at radius 1 is 1.30 bits per heavy atom. The largest absolute Gasteiger partial charge is 0.479 e. The second-order valence-corrected chi connectivity index (χ2v) is 4.94. The molecule has 104 valence electrons. The van der Waals surface area contributed by atoms with E-state index in [9.17, 15) is 19.1 Å². The molecule has 0 saturated heterocycles. The number of carbonyl (C=O) groups is 2. The average Bonchev–Trinajstić information content (AvgIpc) is 2.88. The van der Waals surface area contributed by atoms with Gasteiger partial charge in [-0.3, -0.25) is 4.79 Å². The summed E-state index contributed by atoms with van der Waals surface area (Å²) in [6.45, 7) is 0. The van der Waals surface area contributed by atoms with E-state index in [1.807, 2.05) is 0 Å². The van der Waals surface area contributed by atoms with Crippen LogP contribution in [0.1, 0.15) is 21.3 Å².